The molecule has 0 unspecified atom stereocenters. The highest BCUT2D eigenvalue weighted by molar-refractivity contribution is 6.80. The Hall–Kier alpha value is -1.32. The number of carbonyl (C=O) groups excluding carboxylic acids is 2. The summed E-state index contributed by atoms with van der Waals surface area (Å²) in [4.78, 5) is 23.6. The summed E-state index contributed by atoms with van der Waals surface area (Å²) in [5.41, 5.74) is 4.75. The summed E-state index contributed by atoms with van der Waals surface area (Å²) in [5.74, 6) is -1.18. The highest BCUT2D eigenvalue weighted by Crippen LogP contribution is 2.28. The molecule has 0 aliphatic rings. The van der Waals surface area contributed by atoms with Gasteiger partial charge in [-0.25, -0.2) is 0 Å². The molecule has 19 heavy (non-hydrogen) atoms. The van der Waals surface area contributed by atoms with Crippen molar-refractivity contribution >= 4 is 20.0 Å². The fourth-order valence-corrected chi connectivity index (χ4v) is 2.28. The van der Waals surface area contributed by atoms with Gasteiger partial charge < -0.3 is 9.47 Å². The second-order valence-corrected chi connectivity index (χ2v) is 10.9. The van der Waals surface area contributed by atoms with Crippen molar-refractivity contribution in [3.63, 3.8) is 0 Å². The predicted octanol–water partition coefficient (Wildman–Crippen LogP) is 2.71. The Balaban J connectivity index is 5.32. The molecule has 0 N–H and O–H groups in total. The monoisotopic (exact) mass is 284 g/mol. The summed E-state index contributed by atoms with van der Waals surface area (Å²) < 4.78 is 9.40. The number of allylic oxidation sites excluding steroid dienone is 1. The van der Waals surface area contributed by atoms with E-state index in [-0.39, 0.29) is 6.42 Å². The molecule has 0 aromatic carbocycles. The van der Waals surface area contributed by atoms with E-state index in [0.717, 1.165) is 5.57 Å². The van der Waals surface area contributed by atoms with Crippen LogP contribution in [0.3, 0.4) is 0 Å². The van der Waals surface area contributed by atoms with Gasteiger partial charge in [0.1, 0.15) is 0 Å². The standard InChI is InChI=1S/C14H24O4Si/c1-11(8-9-19(5,6)7)10-14(2,12(15)17-3)13(16)18-4/h9H,10H2,1-7H3. The van der Waals surface area contributed by atoms with Gasteiger partial charge in [0, 0.05) is 6.42 Å². The summed E-state index contributed by atoms with van der Waals surface area (Å²) in [5, 5.41) is 0. The maximum absolute atomic E-state index is 11.8. The lowest BCUT2D eigenvalue weighted by Crippen LogP contribution is -2.38. The Morgan fingerprint density at radius 1 is 1.16 bits per heavy atom. The summed E-state index contributed by atoms with van der Waals surface area (Å²) in [6.07, 6.45) is 0.243. The Morgan fingerprint density at radius 3 is 1.89 bits per heavy atom. The Kier molecular flexibility index (Phi) is 6.26. The molecule has 5 heteroatoms. The van der Waals surface area contributed by atoms with Crippen LogP contribution >= 0.6 is 0 Å². The molecule has 0 saturated heterocycles. The van der Waals surface area contributed by atoms with E-state index >= 15 is 0 Å². The molecule has 0 radical (unpaired) electrons. The highest BCUT2D eigenvalue weighted by Gasteiger charge is 2.43. The first kappa shape index (κ1) is 17.7. The zero-order valence-corrected chi connectivity index (χ0v) is 13.9. The van der Waals surface area contributed by atoms with E-state index in [0.29, 0.717) is 0 Å². The van der Waals surface area contributed by atoms with E-state index in [2.05, 4.69) is 31.1 Å². The highest BCUT2D eigenvalue weighted by atomic mass is 28.3. The summed E-state index contributed by atoms with van der Waals surface area (Å²) in [6, 6.07) is 0. The fourth-order valence-electron chi connectivity index (χ4n) is 1.60. The van der Waals surface area contributed by atoms with Crippen LogP contribution in [0.4, 0.5) is 0 Å². The van der Waals surface area contributed by atoms with Crippen LogP contribution in [0, 0.1) is 5.41 Å². The van der Waals surface area contributed by atoms with Gasteiger partial charge in [0.25, 0.3) is 0 Å². The maximum atomic E-state index is 11.8. The van der Waals surface area contributed by atoms with Crippen LogP contribution in [0.1, 0.15) is 20.3 Å². The van der Waals surface area contributed by atoms with Gasteiger partial charge in [-0.15, -0.1) is 5.73 Å². The van der Waals surface area contributed by atoms with Gasteiger partial charge in [0.2, 0.25) is 0 Å². The van der Waals surface area contributed by atoms with E-state index in [1.54, 1.807) is 0 Å². The molecule has 0 aromatic rings. The van der Waals surface area contributed by atoms with Crippen molar-refractivity contribution < 1.29 is 19.1 Å². The molecule has 0 amide bonds. The van der Waals surface area contributed by atoms with Gasteiger partial charge in [0.05, 0.1) is 22.3 Å². The Morgan fingerprint density at radius 2 is 1.58 bits per heavy atom. The number of hydrogen-bond acceptors (Lipinski definition) is 4. The lowest BCUT2D eigenvalue weighted by Gasteiger charge is -2.23. The molecular formula is C14H24O4Si. The van der Waals surface area contributed by atoms with Crippen LogP contribution in [0.2, 0.25) is 19.6 Å². The average Bonchev–Trinajstić information content (AvgIpc) is 2.33. The van der Waals surface area contributed by atoms with Crippen molar-refractivity contribution in [3.05, 3.63) is 17.0 Å². The van der Waals surface area contributed by atoms with Crippen LogP contribution in [0.5, 0.6) is 0 Å². The molecule has 0 rings (SSSR count). The Bertz CT molecular complexity index is 396. The smallest absolute Gasteiger partial charge is 0.323 e. The average molecular weight is 284 g/mol. The van der Waals surface area contributed by atoms with Gasteiger partial charge in [-0.3, -0.25) is 9.59 Å². The molecule has 0 saturated carbocycles. The number of carbonyl (C=O) groups is 2. The SMILES string of the molecule is COC(=O)C(C)(CC(C)=C=C[Si](C)(C)C)C(=O)OC. The third-order valence-electron chi connectivity index (χ3n) is 2.64. The topological polar surface area (TPSA) is 52.6 Å². The van der Waals surface area contributed by atoms with Gasteiger partial charge in [-0.1, -0.05) is 25.3 Å². The number of esters is 2. The molecule has 0 atom stereocenters. The number of rotatable bonds is 5. The largest absolute Gasteiger partial charge is 0.468 e. The van der Waals surface area contributed by atoms with Crippen LogP contribution in [-0.2, 0) is 19.1 Å². The molecular weight excluding hydrogens is 260 g/mol. The fraction of sp³-hybridized carbons (Fsp3) is 0.643. The zero-order valence-electron chi connectivity index (χ0n) is 12.9. The molecule has 0 aliphatic heterocycles. The van der Waals surface area contributed by atoms with Crippen molar-refractivity contribution in [2.24, 2.45) is 5.41 Å². The molecule has 0 aliphatic carbocycles. The van der Waals surface area contributed by atoms with Gasteiger partial charge in [-0.2, -0.15) is 0 Å². The van der Waals surface area contributed by atoms with Crippen molar-refractivity contribution in [3.8, 4) is 0 Å². The van der Waals surface area contributed by atoms with E-state index in [9.17, 15) is 9.59 Å². The third kappa shape index (κ3) is 5.45. The van der Waals surface area contributed by atoms with Gasteiger partial charge in [-0.05, 0) is 19.4 Å². The molecule has 4 nitrogen and oxygen atoms in total. The lowest BCUT2D eigenvalue weighted by molar-refractivity contribution is -0.167. The van der Waals surface area contributed by atoms with Crippen LogP contribution in [-0.4, -0.2) is 34.2 Å². The zero-order chi connectivity index (χ0) is 15.3. The third-order valence-corrected chi connectivity index (χ3v) is 3.65. The first-order valence-corrected chi connectivity index (χ1v) is 9.74. The Labute approximate surface area is 116 Å². The number of hydrogen-bond donors (Lipinski definition) is 0. The first-order valence-electron chi connectivity index (χ1n) is 6.17. The normalized spacial score (nSPS) is 11.3. The summed E-state index contributed by atoms with van der Waals surface area (Å²) in [6.45, 7) is 9.94. The van der Waals surface area contributed by atoms with Crippen molar-refractivity contribution in [2.45, 2.75) is 39.9 Å². The minimum atomic E-state index is -1.36. The summed E-state index contributed by atoms with van der Waals surface area (Å²) >= 11 is 0. The number of methoxy groups -OCH3 is 2. The lowest BCUT2D eigenvalue weighted by atomic mass is 9.84. The van der Waals surface area contributed by atoms with Crippen LogP contribution in [0.25, 0.3) is 0 Å². The predicted molar refractivity (Wildman–Crippen MR) is 77.4 cm³/mol. The van der Waals surface area contributed by atoms with E-state index < -0.39 is 25.4 Å². The van der Waals surface area contributed by atoms with E-state index in [1.807, 2.05) is 6.92 Å². The van der Waals surface area contributed by atoms with Gasteiger partial charge in [0.15, 0.2) is 5.41 Å². The van der Waals surface area contributed by atoms with Crippen molar-refractivity contribution in [1.82, 2.24) is 0 Å². The first-order chi connectivity index (χ1) is 8.56. The maximum Gasteiger partial charge on any atom is 0.323 e. The van der Waals surface area contributed by atoms with E-state index in [1.165, 1.54) is 21.1 Å². The molecule has 0 aromatic heterocycles. The molecule has 0 heterocycles. The summed E-state index contributed by atoms with van der Waals surface area (Å²) in [7, 11) is 1.17. The van der Waals surface area contributed by atoms with Crippen LogP contribution < -0.4 is 0 Å². The number of ether oxygens (including phenoxy) is 2. The second-order valence-electron chi connectivity index (χ2n) is 5.93. The van der Waals surface area contributed by atoms with Crippen LogP contribution in [0.15, 0.2) is 17.0 Å². The minimum Gasteiger partial charge on any atom is -0.468 e. The second kappa shape index (κ2) is 6.73. The van der Waals surface area contributed by atoms with Gasteiger partial charge >= 0.3 is 11.9 Å². The quantitative estimate of drug-likeness (QED) is 0.337. The van der Waals surface area contributed by atoms with Crippen molar-refractivity contribution in [1.29, 1.82) is 0 Å². The molecule has 0 fully saturated rings. The van der Waals surface area contributed by atoms with E-state index in [4.69, 9.17) is 9.47 Å². The molecule has 0 bridgehead atoms. The molecule has 0 spiro atoms. The minimum absolute atomic E-state index is 0.243. The van der Waals surface area contributed by atoms with Crippen molar-refractivity contribution in [2.75, 3.05) is 14.2 Å². The molecule has 108 valence electrons.